The normalized spacial score (nSPS) is 18.1. The maximum Gasteiger partial charge on any atom is 0.413 e. The van der Waals surface area contributed by atoms with Crippen molar-refractivity contribution in [1.29, 1.82) is 0 Å². The van der Waals surface area contributed by atoms with Crippen molar-refractivity contribution in [2.45, 2.75) is 57.4 Å². The number of ether oxygens (including phenoxy) is 3. The Bertz CT molecular complexity index is 1680. The van der Waals surface area contributed by atoms with E-state index in [4.69, 9.17) is 38.7 Å². The number of hydrogen-bond acceptors (Lipinski definition) is 14. The third kappa shape index (κ3) is 9.37. The van der Waals surface area contributed by atoms with Gasteiger partial charge in [0.1, 0.15) is 45.1 Å². The summed E-state index contributed by atoms with van der Waals surface area (Å²) in [5.74, 6) is -2.14. The van der Waals surface area contributed by atoms with Gasteiger partial charge in [0.15, 0.2) is 10.8 Å². The molecule has 0 saturated carbocycles. The first-order chi connectivity index (χ1) is 23.2. The average Bonchev–Trinajstić information content (AvgIpc) is 3.42. The predicted octanol–water partition coefficient (Wildman–Crippen LogP) is 3.72. The number of anilines is 1. The molecule has 2 aliphatic rings. The number of rotatable bonds is 12. The molecule has 0 aliphatic carbocycles. The molecule has 2 unspecified atom stereocenters. The van der Waals surface area contributed by atoms with Crippen LogP contribution in [0.1, 0.15) is 39.0 Å². The topological polar surface area (TPSA) is 184 Å². The van der Waals surface area contributed by atoms with Crippen LogP contribution < -0.4 is 15.4 Å². The average molecular weight is 846 g/mol. The van der Waals surface area contributed by atoms with Crippen LogP contribution in [0.5, 0.6) is 5.75 Å². The van der Waals surface area contributed by atoms with Gasteiger partial charge < -0.3 is 29.0 Å². The highest BCUT2D eigenvalue weighted by Gasteiger charge is 2.54. The third-order valence-electron chi connectivity index (χ3n) is 6.60. The van der Waals surface area contributed by atoms with Crippen LogP contribution in [0.3, 0.4) is 0 Å². The van der Waals surface area contributed by atoms with E-state index in [0.717, 1.165) is 16.9 Å². The van der Waals surface area contributed by atoms with E-state index in [-0.39, 0.29) is 27.5 Å². The van der Waals surface area contributed by atoms with Gasteiger partial charge in [0.05, 0.1) is 7.11 Å². The molecule has 49 heavy (non-hydrogen) atoms. The lowest BCUT2D eigenvalue weighted by molar-refractivity contribution is -0.153. The van der Waals surface area contributed by atoms with Crippen molar-refractivity contribution in [2.75, 3.05) is 22.6 Å². The first kappa shape index (κ1) is 38.3. The van der Waals surface area contributed by atoms with E-state index in [1.54, 1.807) is 52.1 Å². The Morgan fingerprint density at radius 1 is 1.22 bits per heavy atom. The quantitative estimate of drug-likeness (QED) is 0.0602. The molecule has 2 radical (unpaired) electrons. The van der Waals surface area contributed by atoms with Crippen LogP contribution in [0.2, 0.25) is 4.34 Å². The zero-order valence-electron chi connectivity index (χ0n) is 26.7. The van der Waals surface area contributed by atoms with E-state index in [1.165, 1.54) is 23.6 Å². The highest BCUT2D eigenvalue weighted by Crippen LogP contribution is 2.41. The molecule has 3 heterocycles. The van der Waals surface area contributed by atoms with Crippen molar-refractivity contribution in [3.8, 4) is 5.75 Å². The van der Waals surface area contributed by atoms with Crippen molar-refractivity contribution in [3.63, 3.8) is 0 Å². The molecule has 1 aromatic carbocycles. The first-order valence-corrected chi connectivity index (χ1v) is 18.1. The lowest BCUT2D eigenvalue weighted by Crippen LogP contribution is -2.71. The van der Waals surface area contributed by atoms with Crippen LogP contribution in [0.25, 0.3) is 0 Å². The summed E-state index contributed by atoms with van der Waals surface area (Å²) in [6.45, 7) is 6.26. The van der Waals surface area contributed by atoms with Crippen molar-refractivity contribution >= 4 is 106 Å². The van der Waals surface area contributed by atoms with Crippen molar-refractivity contribution in [3.05, 3.63) is 51.1 Å². The molecule has 2 aromatic rings. The number of carbonyl (C=O) groups is 5. The van der Waals surface area contributed by atoms with Crippen molar-refractivity contribution in [2.24, 2.45) is 5.16 Å². The van der Waals surface area contributed by atoms with Crippen LogP contribution in [0.15, 0.2) is 40.7 Å². The van der Waals surface area contributed by atoms with Crippen LogP contribution in [-0.4, -0.2) is 93.9 Å². The van der Waals surface area contributed by atoms with Crippen LogP contribution in [0, 0.1) is 0 Å². The summed E-state index contributed by atoms with van der Waals surface area (Å²) in [5.41, 5.74) is -0.00401. The Morgan fingerprint density at radius 2 is 1.92 bits per heavy atom. The number of β-lactam (4-membered cyclic amide) rings is 1. The lowest BCUT2D eigenvalue weighted by atomic mass is 10.0. The van der Waals surface area contributed by atoms with Gasteiger partial charge in [0.2, 0.25) is 6.10 Å². The molecular formula is C29H30BClIN5O10S2. The van der Waals surface area contributed by atoms with Gasteiger partial charge in [-0.2, -0.15) is 0 Å². The largest absolute Gasteiger partial charge is 0.541 e. The van der Waals surface area contributed by atoms with Crippen molar-refractivity contribution in [1.82, 2.24) is 15.2 Å². The van der Waals surface area contributed by atoms with Gasteiger partial charge in [-0.25, -0.2) is 19.4 Å². The molecule has 2 aliphatic heterocycles. The van der Waals surface area contributed by atoms with Gasteiger partial charge in [-0.15, -0.1) is 11.8 Å². The molecule has 3 atom stereocenters. The number of methoxy groups -OCH3 is 1. The number of amides is 3. The number of oxime groups is 1. The Hall–Kier alpha value is -3.56. The molecule has 1 aromatic heterocycles. The SMILES string of the molecule is [B]OC(=O)[C@H](C)O/N=C(\C(=O)NC1C(=O)N2C(C(=O)OCc3ccc(OC)cc3)=C(CI)CSC12)c1nc(NC(=O)OC(C)(C)C)sc1Cl. The molecule has 1 fully saturated rings. The van der Waals surface area contributed by atoms with Gasteiger partial charge in [-0.1, -0.05) is 62.8 Å². The van der Waals surface area contributed by atoms with Crippen LogP contribution >= 0.6 is 57.3 Å². The summed E-state index contributed by atoms with van der Waals surface area (Å²) < 4.78 is 20.5. The first-order valence-electron chi connectivity index (χ1n) is 14.3. The summed E-state index contributed by atoms with van der Waals surface area (Å²) in [4.78, 5) is 75.2. The second kappa shape index (κ2) is 16.4. The van der Waals surface area contributed by atoms with E-state index in [2.05, 4.69) is 48.0 Å². The molecule has 0 bridgehead atoms. The Kier molecular flexibility index (Phi) is 12.8. The molecular weight excluding hydrogens is 816 g/mol. The zero-order chi connectivity index (χ0) is 36.0. The number of alkyl halides is 1. The minimum absolute atomic E-state index is 0.0318. The van der Waals surface area contributed by atoms with E-state index in [9.17, 15) is 24.0 Å². The van der Waals surface area contributed by atoms with E-state index >= 15 is 0 Å². The van der Waals surface area contributed by atoms with Crippen molar-refractivity contribution < 1.29 is 47.7 Å². The smallest absolute Gasteiger partial charge is 0.413 e. The maximum atomic E-state index is 13.7. The molecule has 260 valence electrons. The van der Waals surface area contributed by atoms with Gasteiger partial charge in [-0.05, 0) is 51.0 Å². The molecule has 1 saturated heterocycles. The fraction of sp³-hybridized carbons (Fsp3) is 0.414. The standard InChI is InChI=1S/C29H30BClIN5O10S2/c1-13(25(40)46-30)47-36-18(17-21(31)49-27(34-17)35-28(42)45-29(2,3)4)22(38)33-19-23(39)37-20(15(10-32)12-48-24(19)37)26(41)44-11-14-6-8-16(43-5)9-7-14/h6-9,13,19,24H,10-12H2,1-5H3,(H,33,38)(H,34,35,42)/b36-18-/t13-,19?,24?/m0/s1. The molecule has 3 amide bonds. The third-order valence-corrected chi connectivity index (χ3v) is 10.0. The number of thiazole rings is 1. The second-order valence-electron chi connectivity index (χ2n) is 11.3. The molecule has 2 N–H and O–H groups in total. The highest BCUT2D eigenvalue weighted by atomic mass is 127. The Balaban J connectivity index is 1.53. The second-order valence-corrected chi connectivity index (χ2v) is 14.7. The summed E-state index contributed by atoms with van der Waals surface area (Å²) in [5, 5.41) is 8.13. The van der Waals surface area contributed by atoms with E-state index in [0.29, 0.717) is 21.5 Å². The number of aromatic nitrogens is 1. The highest BCUT2D eigenvalue weighted by molar-refractivity contribution is 14.1. The number of nitrogens with zero attached hydrogens (tertiary/aromatic N) is 3. The number of esters is 1. The minimum Gasteiger partial charge on any atom is -0.541 e. The summed E-state index contributed by atoms with van der Waals surface area (Å²) >= 11 is 10.7. The number of thioether (sulfide) groups is 1. The predicted molar refractivity (Wildman–Crippen MR) is 190 cm³/mol. The number of halogens is 2. The molecule has 15 nitrogen and oxygen atoms in total. The van der Waals surface area contributed by atoms with Crippen LogP contribution in [-0.2, 0) is 44.8 Å². The van der Waals surface area contributed by atoms with E-state index in [1.807, 2.05) is 0 Å². The Morgan fingerprint density at radius 3 is 2.53 bits per heavy atom. The zero-order valence-corrected chi connectivity index (χ0v) is 31.3. The van der Waals surface area contributed by atoms with Gasteiger partial charge >= 0.3 is 26.1 Å². The van der Waals surface area contributed by atoms with Gasteiger partial charge in [0, 0.05) is 10.2 Å². The summed E-state index contributed by atoms with van der Waals surface area (Å²) in [7, 11) is 6.47. The fourth-order valence-corrected chi connectivity index (χ4v) is 7.65. The number of carbonyl (C=O) groups excluding carboxylic acids is 5. The molecule has 4 rings (SSSR count). The lowest BCUT2D eigenvalue weighted by Gasteiger charge is -2.49. The summed E-state index contributed by atoms with van der Waals surface area (Å²) in [6, 6.07) is 5.90. The molecule has 0 spiro atoms. The minimum atomic E-state index is -1.34. The summed E-state index contributed by atoms with van der Waals surface area (Å²) in [6.07, 6.45) is -2.17. The number of fused-ring (bicyclic) bond motifs is 1. The number of benzene rings is 1. The maximum absolute atomic E-state index is 13.7. The van der Waals surface area contributed by atoms with Gasteiger partial charge in [0.25, 0.3) is 11.8 Å². The van der Waals surface area contributed by atoms with Crippen LogP contribution in [0.4, 0.5) is 9.93 Å². The van der Waals surface area contributed by atoms with Gasteiger partial charge in [-0.3, -0.25) is 19.8 Å². The number of hydrogen-bond donors (Lipinski definition) is 2. The number of nitrogens with one attached hydrogen (secondary N) is 2. The fourth-order valence-electron chi connectivity index (χ4n) is 4.28. The molecule has 20 heteroatoms. The Labute approximate surface area is 309 Å². The monoisotopic (exact) mass is 845 g/mol. The van der Waals surface area contributed by atoms with E-state index < -0.39 is 58.7 Å².